The fraction of sp³-hybridized carbons (Fsp3) is 0.571. The first-order valence-electron chi connectivity index (χ1n) is 6.68. The van der Waals surface area contributed by atoms with Gasteiger partial charge in [-0.15, -0.1) is 0 Å². The molecule has 1 unspecified atom stereocenters. The molecule has 1 saturated carbocycles. The van der Waals surface area contributed by atoms with Crippen molar-refractivity contribution in [1.29, 1.82) is 0 Å². The van der Waals surface area contributed by atoms with E-state index in [1.807, 2.05) is 0 Å². The number of nitrogens with zero attached hydrogens (tertiary/aromatic N) is 1. The summed E-state index contributed by atoms with van der Waals surface area (Å²) in [5.41, 5.74) is 0.959. The van der Waals surface area contributed by atoms with Gasteiger partial charge in [0.1, 0.15) is 5.82 Å². The largest absolute Gasteiger partial charge is 0.369 e. The van der Waals surface area contributed by atoms with Crippen LogP contribution in [0, 0.1) is 5.82 Å². The Balaban J connectivity index is 1.70. The molecule has 1 aromatic carbocycles. The molecule has 1 saturated heterocycles. The van der Waals surface area contributed by atoms with Gasteiger partial charge in [-0.05, 0) is 43.9 Å². The summed E-state index contributed by atoms with van der Waals surface area (Å²) >= 11 is 6.13. The van der Waals surface area contributed by atoms with E-state index >= 15 is 0 Å². The zero-order valence-electron chi connectivity index (χ0n) is 10.3. The molecule has 2 nitrogen and oxygen atoms in total. The van der Waals surface area contributed by atoms with Gasteiger partial charge >= 0.3 is 0 Å². The molecule has 0 radical (unpaired) electrons. The number of piperidine rings is 1. The zero-order valence-corrected chi connectivity index (χ0v) is 11.1. The van der Waals surface area contributed by atoms with E-state index in [4.69, 9.17) is 11.6 Å². The minimum Gasteiger partial charge on any atom is -0.369 e. The zero-order chi connectivity index (χ0) is 12.5. The molecule has 1 atom stereocenters. The predicted molar refractivity (Wildman–Crippen MR) is 72.8 cm³/mol. The van der Waals surface area contributed by atoms with E-state index in [9.17, 15) is 4.39 Å². The molecule has 1 N–H and O–H groups in total. The fourth-order valence-corrected chi connectivity index (χ4v) is 2.94. The highest BCUT2D eigenvalue weighted by molar-refractivity contribution is 6.33. The number of benzene rings is 1. The number of nitrogens with one attached hydrogen (secondary N) is 1. The molecule has 98 valence electrons. The molecule has 2 fully saturated rings. The Morgan fingerprint density at radius 2 is 2.06 bits per heavy atom. The van der Waals surface area contributed by atoms with Crippen LogP contribution in [-0.2, 0) is 0 Å². The van der Waals surface area contributed by atoms with Gasteiger partial charge in [0.15, 0.2) is 0 Å². The maximum Gasteiger partial charge on any atom is 0.124 e. The van der Waals surface area contributed by atoms with E-state index in [-0.39, 0.29) is 5.82 Å². The van der Waals surface area contributed by atoms with Crippen LogP contribution in [0.25, 0.3) is 0 Å². The third-order valence-electron chi connectivity index (χ3n) is 3.72. The Bertz CT molecular complexity index is 434. The van der Waals surface area contributed by atoms with Gasteiger partial charge in [-0.1, -0.05) is 11.6 Å². The Morgan fingerprint density at radius 1 is 1.22 bits per heavy atom. The molecule has 0 bridgehead atoms. The monoisotopic (exact) mass is 268 g/mol. The molecule has 0 spiro atoms. The van der Waals surface area contributed by atoms with E-state index in [1.54, 1.807) is 6.07 Å². The highest BCUT2D eigenvalue weighted by atomic mass is 35.5. The fourth-order valence-electron chi connectivity index (χ4n) is 2.65. The predicted octanol–water partition coefficient (Wildman–Crippen LogP) is 3.20. The van der Waals surface area contributed by atoms with Crippen molar-refractivity contribution in [3.63, 3.8) is 0 Å². The van der Waals surface area contributed by atoms with Crippen molar-refractivity contribution >= 4 is 17.3 Å². The molecule has 0 amide bonds. The lowest BCUT2D eigenvalue weighted by Gasteiger charge is -2.35. The molecule has 1 aromatic rings. The van der Waals surface area contributed by atoms with Crippen LogP contribution in [-0.4, -0.2) is 25.2 Å². The molecule has 3 rings (SSSR count). The molecule has 1 heterocycles. The van der Waals surface area contributed by atoms with E-state index in [2.05, 4.69) is 10.2 Å². The Hall–Kier alpha value is -0.800. The minimum atomic E-state index is -0.270. The quantitative estimate of drug-likeness (QED) is 0.906. The summed E-state index contributed by atoms with van der Waals surface area (Å²) in [6.07, 6.45) is 5.02. The average Bonchev–Trinajstić information content (AvgIpc) is 3.13. The second kappa shape index (κ2) is 5.06. The van der Waals surface area contributed by atoms with Gasteiger partial charge in [0.2, 0.25) is 0 Å². The van der Waals surface area contributed by atoms with E-state index < -0.39 is 0 Å². The Kier molecular flexibility index (Phi) is 3.44. The number of rotatable bonds is 3. The first-order valence-corrected chi connectivity index (χ1v) is 7.06. The molecular formula is C14H18ClFN2. The second-order valence-corrected chi connectivity index (χ2v) is 5.73. The molecular weight excluding hydrogens is 251 g/mol. The van der Waals surface area contributed by atoms with Crippen LogP contribution in [0.3, 0.4) is 0 Å². The SMILES string of the molecule is Fc1ccc(N2CCCC(NC3CC3)C2)c(Cl)c1. The lowest BCUT2D eigenvalue weighted by atomic mass is 10.0. The highest BCUT2D eigenvalue weighted by Crippen LogP contribution is 2.29. The number of halogens is 2. The Morgan fingerprint density at radius 3 is 2.78 bits per heavy atom. The molecule has 1 aliphatic carbocycles. The lowest BCUT2D eigenvalue weighted by Crippen LogP contribution is -2.46. The van der Waals surface area contributed by atoms with Crippen molar-refractivity contribution in [2.45, 2.75) is 37.8 Å². The molecule has 2 aliphatic rings. The molecule has 1 aliphatic heterocycles. The average molecular weight is 269 g/mol. The van der Waals surface area contributed by atoms with Crippen molar-refractivity contribution in [2.24, 2.45) is 0 Å². The number of hydrogen-bond acceptors (Lipinski definition) is 2. The summed E-state index contributed by atoms with van der Waals surface area (Å²) in [4.78, 5) is 2.27. The van der Waals surface area contributed by atoms with E-state index in [0.29, 0.717) is 11.1 Å². The third-order valence-corrected chi connectivity index (χ3v) is 4.02. The van der Waals surface area contributed by atoms with Crippen LogP contribution in [0.15, 0.2) is 18.2 Å². The van der Waals surface area contributed by atoms with Crippen molar-refractivity contribution in [3.8, 4) is 0 Å². The van der Waals surface area contributed by atoms with Gasteiger partial charge in [0.05, 0.1) is 10.7 Å². The standard InChI is InChI=1S/C14H18ClFN2/c15-13-8-10(16)3-6-14(13)18-7-1-2-12(9-18)17-11-4-5-11/h3,6,8,11-12,17H,1-2,4-5,7,9H2. The van der Waals surface area contributed by atoms with Crippen LogP contribution in [0.4, 0.5) is 10.1 Å². The summed E-state index contributed by atoms with van der Waals surface area (Å²) in [7, 11) is 0. The maximum atomic E-state index is 13.1. The summed E-state index contributed by atoms with van der Waals surface area (Å²) in [5.74, 6) is -0.270. The smallest absolute Gasteiger partial charge is 0.124 e. The Labute approximate surface area is 112 Å². The van der Waals surface area contributed by atoms with Crippen molar-refractivity contribution in [2.75, 3.05) is 18.0 Å². The van der Waals surface area contributed by atoms with E-state index in [0.717, 1.165) is 31.2 Å². The highest BCUT2D eigenvalue weighted by Gasteiger charge is 2.28. The van der Waals surface area contributed by atoms with Crippen LogP contribution in [0.2, 0.25) is 5.02 Å². The van der Waals surface area contributed by atoms with Crippen molar-refractivity contribution < 1.29 is 4.39 Å². The minimum absolute atomic E-state index is 0.270. The van der Waals surface area contributed by atoms with Crippen molar-refractivity contribution in [3.05, 3.63) is 29.0 Å². The van der Waals surface area contributed by atoms with Crippen LogP contribution >= 0.6 is 11.6 Å². The second-order valence-electron chi connectivity index (χ2n) is 5.32. The topological polar surface area (TPSA) is 15.3 Å². The molecule has 0 aromatic heterocycles. The van der Waals surface area contributed by atoms with Gasteiger partial charge < -0.3 is 10.2 Å². The van der Waals surface area contributed by atoms with Gasteiger partial charge in [-0.3, -0.25) is 0 Å². The van der Waals surface area contributed by atoms with Crippen LogP contribution < -0.4 is 10.2 Å². The van der Waals surface area contributed by atoms with Gasteiger partial charge in [0, 0.05) is 25.2 Å². The summed E-state index contributed by atoms with van der Waals surface area (Å²) in [6, 6.07) is 5.96. The van der Waals surface area contributed by atoms with Crippen LogP contribution in [0.1, 0.15) is 25.7 Å². The third kappa shape index (κ3) is 2.78. The first kappa shape index (κ1) is 12.2. The lowest BCUT2D eigenvalue weighted by molar-refractivity contribution is 0.420. The van der Waals surface area contributed by atoms with Gasteiger partial charge in [-0.25, -0.2) is 4.39 Å². The van der Waals surface area contributed by atoms with Crippen LogP contribution in [0.5, 0.6) is 0 Å². The van der Waals surface area contributed by atoms with Gasteiger partial charge in [0.25, 0.3) is 0 Å². The molecule has 4 heteroatoms. The maximum absolute atomic E-state index is 13.1. The van der Waals surface area contributed by atoms with Gasteiger partial charge in [-0.2, -0.15) is 0 Å². The summed E-state index contributed by atoms with van der Waals surface area (Å²) in [5, 5.41) is 4.18. The molecule has 18 heavy (non-hydrogen) atoms. The van der Waals surface area contributed by atoms with E-state index in [1.165, 1.54) is 31.4 Å². The summed E-state index contributed by atoms with van der Waals surface area (Å²) < 4.78 is 13.1. The first-order chi connectivity index (χ1) is 8.72. The summed E-state index contributed by atoms with van der Waals surface area (Å²) in [6.45, 7) is 1.98. The number of hydrogen-bond donors (Lipinski definition) is 1. The normalized spacial score (nSPS) is 24.3. The van der Waals surface area contributed by atoms with Crippen molar-refractivity contribution in [1.82, 2.24) is 5.32 Å². The number of anilines is 1.